The lowest BCUT2D eigenvalue weighted by molar-refractivity contribution is 0.491. The van der Waals surface area contributed by atoms with Gasteiger partial charge in [-0.15, -0.1) is 12.6 Å². The number of hydrogen-bond acceptors (Lipinski definition) is 3. The van der Waals surface area contributed by atoms with Crippen LogP contribution in [0.3, 0.4) is 0 Å². The second-order valence-electron chi connectivity index (χ2n) is 2.40. The van der Waals surface area contributed by atoms with Crippen LogP contribution in [0.15, 0.2) is 23.1 Å². The maximum Gasteiger partial charge on any atom is 0.172 e. The monoisotopic (exact) mass is 216 g/mol. The molecule has 62 valence electrons. The van der Waals surface area contributed by atoms with Crippen molar-refractivity contribution in [2.75, 3.05) is 0 Å². The Morgan fingerprint density at radius 2 is 2.17 bits per heavy atom. The van der Waals surface area contributed by atoms with Crippen LogP contribution in [0.1, 0.15) is 0 Å². The van der Waals surface area contributed by atoms with Gasteiger partial charge in [0.25, 0.3) is 0 Å². The highest BCUT2D eigenvalue weighted by atomic mass is 35.5. The first-order valence-electron chi connectivity index (χ1n) is 3.28. The van der Waals surface area contributed by atoms with Crippen molar-refractivity contribution < 1.29 is 5.11 Å². The second-order valence-corrected chi connectivity index (χ2v) is 4.29. The Kier molecular flexibility index (Phi) is 1.94. The van der Waals surface area contributed by atoms with Crippen molar-refractivity contribution in [2.24, 2.45) is 0 Å². The third kappa shape index (κ3) is 1.18. The normalized spacial score (nSPS) is 10.8. The van der Waals surface area contributed by atoms with E-state index in [1.807, 2.05) is 12.1 Å². The average molecular weight is 217 g/mol. The largest absolute Gasteiger partial charge is 0.499 e. The average Bonchev–Trinajstić information content (AvgIpc) is 2.39. The molecule has 0 amide bonds. The third-order valence-corrected chi connectivity index (χ3v) is 3.57. The smallest absolute Gasteiger partial charge is 0.172 e. The van der Waals surface area contributed by atoms with Crippen LogP contribution in [-0.4, -0.2) is 5.11 Å². The molecule has 1 aromatic carbocycles. The highest BCUT2D eigenvalue weighted by Gasteiger charge is 2.06. The summed E-state index contributed by atoms with van der Waals surface area (Å²) in [7, 11) is 0. The van der Waals surface area contributed by atoms with Gasteiger partial charge in [-0.1, -0.05) is 29.0 Å². The van der Waals surface area contributed by atoms with E-state index in [-0.39, 0.29) is 5.06 Å². The van der Waals surface area contributed by atoms with Gasteiger partial charge in [-0.3, -0.25) is 0 Å². The molecule has 1 heterocycles. The highest BCUT2D eigenvalue weighted by Crippen LogP contribution is 2.38. The van der Waals surface area contributed by atoms with Gasteiger partial charge in [-0.25, -0.2) is 0 Å². The first-order chi connectivity index (χ1) is 5.68. The van der Waals surface area contributed by atoms with Gasteiger partial charge in [0.1, 0.15) is 0 Å². The Hall–Kier alpha value is -0.380. The zero-order valence-electron chi connectivity index (χ0n) is 5.91. The molecular formula is C8H5ClOS2. The summed E-state index contributed by atoms with van der Waals surface area (Å²) in [5.74, 6) is 0. The van der Waals surface area contributed by atoms with Gasteiger partial charge in [-0.05, 0) is 17.5 Å². The van der Waals surface area contributed by atoms with Crippen LogP contribution in [-0.2, 0) is 0 Å². The molecule has 12 heavy (non-hydrogen) atoms. The minimum absolute atomic E-state index is 0.283. The fourth-order valence-electron chi connectivity index (χ4n) is 1.05. The van der Waals surface area contributed by atoms with Gasteiger partial charge in [-0.2, -0.15) is 0 Å². The van der Waals surface area contributed by atoms with E-state index in [1.54, 1.807) is 6.07 Å². The Morgan fingerprint density at radius 3 is 2.92 bits per heavy atom. The molecule has 0 unspecified atom stereocenters. The maximum absolute atomic E-state index is 9.21. The predicted molar refractivity (Wildman–Crippen MR) is 55.8 cm³/mol. The topological polar surface area (TPSA) is 20.2 Å². The van der Waals surface area contributed by atoms with Crippen LogP contribution < -0.4 is 0 Å². The van der Waals surface area contributed by atoms with E-state index >= 15 is 0 Å². The molecular weight excluding hydrogens is 212 g/mol. The van der Waals surface area contributed by atoms with Crippen LogP contribution in [0.4, 0.5) is 0 Å². The number of rotatable bonds is 0. The lowest BCUT2D eigenvalue weighted by Gasteiger charge is -1.95. The number of hydrogen-bond donors (Lipinski definition) is 2. The standard InChI is InChI=1S/C8H5ClOS2/c9-7-5(11)2-1-4-3-6(10)12-8(4)7/h1-3,10-11H. The van der Waals surface area contributed by atoms with Crippen molar-refractivity contribution in [3.8, 4) is 5.06 Å². The van der Waals surface area contributed by atoms with E-state index in [0.29, 0.717) is 5.02 Å². The van der Waals surface area contributed by atoms with Crippen molar-refractivity contribution in [3.05, 3.63) is 23.2 Å². The molecule has 2 rings (SSSR count). The molecule has 2 aromatic rings. The first-order valence-corrected chi connectivity index (χ1v) is 4.92. The quantitative estimate of drug-likeness (QED) is 0.646. The summed E-state index contributed by atoms with van der Waals surface area (Å²) in [6.07, 6.45) is 0. The minimum Gasteiger partial charge on any atom is -0.499 e. The van der Waals surface area contributed by atoms with Crippen LogP contribution in [0.2, 0.25) is 5.02 Å². The van der Waals surface area contributed by atoms with Crippen LogP contribution in [0, 0.1) is 0 Å². The molecule has 0 spiro atoms. The van der Waals surface area contributed by atoms with Crippen molar-refractivity contribution >= 4 is 45.7 Å². The summed E-state index contributed by atoms with van der Waals surface area (Å²) >= 11 is 11.4. The Balaban J connectivity index is 2.89. The van der Waals surface area contributed by atoms with Gasteiger partial charge in [0, 0.05) is 4.90 Å². The Bertz CT molecular complexity index is 436. The van der Waals surface area contributed by atoms with E-state index < -0.39 is 0 Å². The molecule has 0 radical (unpaired) electrons. The van der Waals surface area contributed by atoms with Gasteiger partial charge >= 0.3 is 0 Å². The number of thiol groups is 1. The summed E-state index contributed by atoms with van der Waals surface area (Å²) in [4.78, 5) is 0.742. The molecule has 1 nitrogen and oxygen atoms in total. The molecule has 1 N–H and O–H groups in total. The zero-order valence-corrected chi connectivity index (χ0v) is 8.38. The molecule has 0 aliphatic heterocycles. The van der Waals surface area contributed by atoms with Crippen LogP contribution >= 0.6 is 35.6 Å². The maximum atomic E-state index is 9.21. The lowest BCUT2D eigenvalue weighted by atomic mass is 10.3. The Morgan fingerprint density at radius 1 is 1.42 bits per heavy atom. The van der Waals surface area contributed by atoms with Crippen molar-refractivity contribution in [2.45, 2.75) is 4.90 Å². The van der Waals surface area contributed by atoms with Crippen molar-refractivity contribution in [1.29, 1.82) is 0 Å². The van der Waals surface area contributed by atoms with Gasteiger partial charge < -0.3 is 5.11 Å². The predicted octanol–water partition coefficient (Wildman–Crippen LogP) is 3.55. The summed E-state index contributed by atoms with van der Waals surface area (Å²) < 4.78 is 0.890. The fourth-order valence-corrected chi connectivity index (χ4v) is 2.43. The summed E-state index contributed by atoms with van der Waals surface area (Å²) in [5.41, 5.74) is 0. The molecule has 0 saturated carbocycles. The number of halogens is 1. The fraction of sp³-hybridized carbons (Fsp3) is 0. The van der Waals surface area contributed by atoms with E-state index in [1.165, 1.54) is 11.3 Å². The molecule has 0 saturated heterocycles. The molecule has 0 bridgehead atoms. The highest BCUT2D eigenvalue weighted by molar-refractivity contribution is 7.80. The second kappa shape index (κ2) is 2.83. The number of fused-ring (bicyclic) bond motifs is 1. The molecule has 0 fully saturated rings. The minimum atomic E-state index is 0.283. The number of aromatic hydroxyl groups is 1. The third-order valence-electron chi connectivity index (χ3n) is 1.59. The summed E-state index contributed by atoms with van der Waals surface area (Å²) in [6, 6.07) is 5.40. The number of benzene rings is 1. The van der Waals surface area contributed by atoms with Gasteiger partial charge in [0.05, 0.1) is 9.72 Å². The van der Waals surface area contributed by atoms with E-state index in [0.717, 1.165) is 15.0 Å². The molecule has 0 atom stereocenters. The summed E-state index contributed by atoms with van der Waals surface area (Å²) in [5, 5.41) is 11.1. The summed E-state index contributed by atoms with van der Waals surface area (Å²) in [6.45, 7) is 0. The van der Waals surface area contributed by atoms with Gasteiger partial charge in [0.15, 0.2) is 5.06 Å². The van der Waals surface area contributed by atoms with E-state index in [9.17, 15) is 5.11 Å². The van der Waals surface area contributed by atoms with Crippen molar-refractivity contribution in [3.63, 3.8) is 0 Å². The molecule has 0 aliphatic carbocycles. The molecule has 4 heteroatoms. The number of thiophene rings is 1. The van der Waals surface area contributed by atoms with E-state index in [2.05, 4.69) is 12.6 Å². The van der Waals surface area contributed by atoms with Crippen LogP contribution in [0.25, 0.3) is 10.1 Å². The molecule has 0 aliphatic rings. The van der Waals surface area contributed by atoms with Gasteiger partial charge in [0.2, 0.25) is 0 Å². The van der Waals surface area contributed by atoms with E-state index in [4.69, 9.17) is 11.6 Å². The van der Waals surface area contributed by atoms with Crippen LogP contribution in [0.5, 0.6) is 5.06 Å². The SMILES string of the molecule is Oc1cc2ccc(S)c(Cl)c2s1. The lowest BCUT2D eigenvalue weighted by Crippen LogP contribution is -1.68. The first kappa shape index (κ1) is 8.23. The zero-order chi connectivity index (χ0) is 8.72. The molecule has 1 aromatic heterocycles. The Labute approximate surface area is 84.0 Å². The van der Waals surface area contributed by atoms with Crippen molar-refractivity contribution in [1.82, 2.24) is 0 Å².